The molecule has 0 spiro atoms. The van der Waals surface area contributed by atoms with Crippen LogP contribution in [-0.4, -0.2) is 4.98 Å². The Hall–Kier alpha value is -2.26. The Bertz CT molecular complexity index is 750. The maximum absolute atomic E-state index is 5.89. The fourth-order valence-corrected chi connectivity index (χ4v) is 2.36. The van der Waals surface area contributed by atoms with Gasteiger partial charge in [-0.3, -0.25) is 0 Å². The summed E-state index contributed by atoms with van der Waals surface area (Å²) in [6.45, 7) is 0.652. The minimum Gasteiger partial charge on any atom is -0.396 e. The number of halogens is 1. The van der Waals surface area contributed by atoms with Gasteiger partial charge in [0.2, 0.25) is 0 Å². The highest BCUT2D eigenvalue weighted by Gasteiger charge is 2.04. The quantitative estimate of drug-likeness (QED) is 0.712. The van der Waals surface area contributed by atoms with Gasteiger partial charge in [0.1, 0.15) is 5.15 Å². The predicted molar refractivity (Wildman–Crippen MR) is 84.9 cm³/mol. The first-order chi connectivity index (χ1) is 9.74. The monoisotopic (exact) mass is 283 g/mol. The summed E-state index contributed by atoms with van der Waals surface area (Å²) in [6, 6.07) is 18.0. The van der Waals surface area contributed by atoms with Crippen LogP contribution in [0.25, 0.3) is 10.8 Å². The van der Waals surface area contributed by atoms with E-state index in [4.69, 9.17) is 17.3 Å². The number of nitrogen functional groups attached to an aromatic ring is 1. The lowest BCUT2D eigenvalue weighted by Gasteiger charge is -2.10. The summed E-state index contributed by atoms with van der Waals surface area (Å²) >= 11 is 5.89. The number of hydrogen-bond donors (Lipinski definition) is 2. The van der Waals surface area contributed by atoms with E-state index in [0.717, 1.165) is 0 Å². The maximum atomic E-state index is 5.89. The van der Waals surface area contributed by atoms with E-state index in [1.807, 2.05) is 18.2 Å². The molecule has 100 valence electrons. The van der Waals surface area contributed by atoms with E-state index in [9.17, 15) is 0 Å². The van der Waals surface area contributed by atoms with Gasteiger partial charge in [-0.1, -0.05) is 54.1 Å². The Morgan fingerprint density at radius 2 is 1.80 bits per heavy atom. The van der Waals surface area contributed by atoms with Gasteiger partial charge in [-0.2, -0.15) is 0 Å². The van der Waals surface area contributed by atoms with Gasteiger partial charge in [0.25, 0.3) is 0 Å². The Morgan fingerprint density at radius 3 is 2.70 bits per heavy atom. The normalized spacial score (nSPS) is 10.7. The third-order valence-corrected chi connectivity index (χ3v) is 3.43. The topological polar surface area (TPSA) is 50.9 Å². The first-order valence-corrected chi connectivity index (χ1v) is 6.74. The number of nitrogens with zero attached hydrogens (tertiary/aromatic N) is 1. The fourth-order valence-electron chi connectivity index (χ4n) is 2.21. The van der Waals surface area contributed by atoms with Crippen molar-refractivity contribution in [1.82, 2.24) is 4.98 Å². The summed E-state index contributed by atoms with van der Waals surface area (Å²) in [7, 11) is 0. The summed E-state index contributed by atoms with van der Waals surface area (Å²) in [5, 5.41) is 6.12. The molecule has 4 heteroatoms. The lowest BCUT2D eigenvalue weighted by Crippen LogP contribution is -2.05. The lowest BCUT2D eigenvalue weighted by atomic mass is 10.0. The Balaban J connectivity index is 1.89. The summed E-state index contributed by atoms with van der Waals surface area (Å²) < 4.78 is 0. The van der Waals surface area contributed by atoms with E-state index < -0.39 is 0 Å². The van der Waals surface area contributed by atoms with Gasteiger partial charge in [0.15, 0.2) is 5.82 Å². The van der Waals surface area contributed by atoms with Crippen LogP contribution in [0.4, 0.5) is 11.5 Å². The van der Waals surface area contributed by atoms with Crippen molar-refractivity contribution < 1.29 is 0 Å². The van der Waals surface area contributed by atoms with Crippen molar-refractivity contribution in [3.8, 4) is 0 Å². The summed E-state index contributed by atoms with van der Waals surface area (Å²) in [6.07, 6.45) is 0. The molecule has 1 aromatic heterocycles. The highest BCUT2D eigenvalue weighted by Crippen LogP contribution is 2.22. The van der Waals surface area contributed by atoms with E-state index in [-0.39, 0.29) is 0 Å². The van der Waals surface area contributed by atoms with Crippen LogP contribution in [0.1, 0.15) is 5.56 Å². The summed E-state index contributed by atoms with van der Waals surface area (Å²) in [5.74, 6) is 0.616. The molecule has 0 aliphatic rings. The van der Waals surface area contributed by atoms with Crippen LogP contribution in [0.3, 0.4) is 0 Å². The molecule has 0 saturated heterocycles. The van der Waals surface area contributed by atoms with Gasteiger partial charge in [-0.15, -0.1) is 0 Å². The third-order valence-electron chi connectivity index (χ3n) is 3.22. The molecule has 3 N–H and O–H groups in total. The second-order valence-corrected chi connectivity index (χ2v) is 4.95. The van der Waals surface area contributed by atoms with Gasteiger partial charge >= 0.3 is 0 Å². The van der Waals surface area contributed by atoms with Crippen molar-refractivity contribution in [1.29, 1.82) is 0 Å². The maximum Gasteiger partial charge on any atom is 0.151 e. The Morgan fingerprint density at radius 1 is 1.00 bits per heavy atom. The van der Waals surface area contributed by atoms with E-state index in [1.54, 1.807) is 12.1 Å². The molecular weight excluding hydrogens is 270 g/mol. The molecule has 0 saturated carbocycles. The van der Waals surface area contributed by atoms with Crippen LogP contribution in [0, 0.1) is 0 Å². The fraction of sp³-hybridized carbons (Fsp3) is 0.0625. The molecule has 0 bridgehead atoms. The van der Waals surface area contributed by atoms with E-state index in [0.29, 0.717) is 23.2 Å². The summed E-state index contributed by atoms with van der Waals surface area (Å²) in [4.78, 5) is 4.20. The smallest absolute Gasteiger partial charge is 0.151 e. The molecular formula is C16H14ClN3. The molecule has 3 aromatic rings. The molecule has 0 aliphatic carbocycles. The summed E-state index contributed by atoms with van der Waals surface area (Å²) in [5.41, 5.74) is 7.67. The van der Waals surface area contributed by atoms with Crippen LogP contribution in [0.2, 0.25) is 5.15 Å². The largest absolute Gasteiger partial charge is 0.396 e. The average molecular weight is 284 g/mol. The zero-order chi connectivity index (χ0) is 13.9. The molecule has 0 atom stereocenters. The number of nitrogens with two attached hydrogens (primary N) is 1. The van der Waals surface area contributed by atoms with Crippen LogP contribution >= 0.6 is 11.6 Å². The number of benzene rings is 2. The predicted octanol–water partition coefficient (Wildman–Crippen LogP) is 4.08. The highest BCUT2D eigenvalue weighted by atomic mass is 35.5. The number of rotatable bonds is 3. The van der Waals surface area contributed by atoms with Crippen LogP contribution in [-0.2, 0) is 6.54 Å². The van der Waals surface area contributed by atoms with Crippen LogP contribution in [0.15, 0.2) is 54.6 Å². The van der Waals surface area contributed by atoms with Gasteiger partial charge < -0.3 is 11.1 Å². The molecule has 2 aromatic carbocycles. The first-order valence-electron chi connectivity index (χ1n) is 6.36. The number of hydrogen-bond acceptors (Lipinski definition) is 3. The average Bonchev–Trinajstić information content (AvgIpc) is 2.48. The van der Waals surface area contributed by atoms with Crippen LogP contribution in [0.5, 0.6) is 0 Å². The number of aromatic nitrogens is 1. The SMILES string of the molecule is Nc1ccc(Cl)nc1NCc1cccc2ccccc12. The van der Waals surface area contributed by atoms with Crippen LogP contribution < -0.4 is 11.1 Å². The lowest BCUT2D eigenvalue weighted by molar-refractivity contribution is 1.13. The molecule has 0 unspecified atom stereocenters. The van der Waals surface area contributed by atoms with Gasteiger partial charge in [0, 0.05) is 6.54 Å². The third kappa shape index (κ3) is 2.53. The van der Waals surface area contributed by atoms with E-state index >= 15 is 0 Å². The second-order valence-electron chi connectivity index (χ2n) is 4.56. The Kier molecular flexibility index (Phi) is 3.44. The standard InChI is InChI=1S/C16H14ClN3/c17-15-9-8-14(18)16(20-15)19-10-12-6-3-5-11-4-1-2-7-13(11)12/h1-9H,10,18H2,(H,19,20). The molecule has 20 heavy (non-hydrogen) atoms. The van der Waals surface area contributed by atoms with Gasteiger partial charge in [-0.05, 0) is 28.5 Å². The van der Waals surface area contributed by atoms with Crippen molar-refractivity contribution in [2.75, 3.05) is 11.1 Å². The number of nitrogens with one attached hydrogen (secondary N) is 1. The number of fused-ring (bicyclic) bond motifs is 1. The van der Waals surface area contributed by atoms with Crippen molar-refractivity contribution in [3.05, 3.63) is 65.3 Å². The first kappa shape index (κ1) is 12.8. The van der Waals surface area contributed by atoms with Crippen molar-refractivity contribution in [2.24, 2.45) is 0 Å². The zero-order valence-corrected chi connectivity index (χ0v) is 11.6. The van der Waals surface area contributed by atoms with Crippen molar-refractivity contribution >= 4 is 33.9 Å². The molecule has 0 amide bonds. The highest BCUT2D eigenvalue weighted by molar-refractivity contribution is 6.29. The minimum absolute atomic E-state index is 0.430. The minimum atomic E-state index is 0.430. The number of anilines is 2. The van der Waals surface area contributed by atoms with E-state index in [1.165, 1.54) is 16.3 Å². The van der Waals surface area contributed by atoms with Gasteiger partial charge in [-0.25, -0.2) is 4.98 Å². The molecule has 0 aliphatic heterocycles. The molecule has 0 fully saturated rings. The zero-order valence-electron chi connectivity index (χ0n) is 10.8. The van der Waals surface area contributed by atoms with Crippen molar-refractivity contribution in [3.63, 3.8) is 0 Å². The Labute approximate surface area is 122 Å². The molecule has 1 heterocycles. The number of pyridine rings is 1. The van der Waals surface area contributed by atoms with Crippen molar-refractivity contribution in [2.45, 2.75) is 6.54 Å². The molecule has 3 rings (SSSR count). The second kappa shape index (κ2) is 5.39. The van der Waals surface area contributed by atoms with E-state index in [2.05, 4.69) is 34.6 Å². The molecule has 3 nitrogen and oxygen atoms in total. The van der Waals surface area contributed by atoms with Gasteiger partial charge in [0.05, 0.1) is 5.69 Å². The molecule has 0 radical (unpaired) electrons.